The molecule has 0 unspecified atom stereocenters. The van der Waals surface area contributed by atoms with Gasteiger partial charge in [0.15, 0.2) is 0 Å². The van der Waals surface area contributed by atoms with Crippen LogP contribution in [0, 0.1) is 5.82 Å². The van der Waals surface area contributed by atoms with Gasteiger partial charge in [-0.15, -0.1) is 12.6 Å². The third kappa shape index (κ3) is 3.16. The van der Waals surface area contributed by atoms with Crippen molar-refractivity contribution in [2.45, 2.75) is 4.90 Å². The van der Waals surface area contributed by atoms with Gasteiger partial charge in [-0.1, -0.05) is 15.9 Å². The number of carbonyl (C=O) groups is 1. The lowest BCUT2D eigenvalue weighted by Crippen LogP contribution is -2.26. The van der Waals surface area contributed by atoms with E-state index in [0.717, 1.165) is 4.47 Å². The highest BCUT2D eigenvalue weighted by molar-refractivity contribution is 9.10. The highest BCUT2D eigenvalue weighted by Gasteiger charge is 2.16. The second-order valence-electron chi connectivity index (χ2n) is 4.00. The monoisotopic (exact) mass is 339 g/mol. The fraction of sp³-hybridized carbons (Fsp3) is 0.0714. The first-order valence-corrected chi connectivity index (χ1v) is 6.75. The fourth-order valence-electron chi connectivity index (χ4n) is 1.65. The normalized spacial score (nSPS) is 10.3. The molecule has 0 atom stereocenters. The topological polar surface area (TPSA) is 20.3 Å². The first-order valence-electron chi connectivity index (χ1n) is 5.51. The maximum atomic E-state index is 12.9. The van der Waals surface area contributed by atoms with Gasteiger partial charge in [0, 0.05) is 22.1 Å². The smallest absolute Gasteiger partial charge is 0.259 e. The summed E-state index contributed by atoms with van der Waals surface area (Å²) < 4.78 is 13.7. The SMILES string of the molecule is CN(C(=O)c1ccc(Br)cc1S)c1ccc(F)cc1. The zero-order valence-corrected chi connectivity index (χ0v) is 12.6. The molecule has 0 heterocycles. The molecule has 0 saturated heterocycles. The molecule has 0 aliphatic heterocycles. The van der Waals surface area contributed by atoms with E-state index in [4.69, 9.17) is 0 Å². The second kappa shape index (κ2) is 5.75. The Balaban J connectivity index is 2.30. The van der Waals surface area contributed by atoms with Gasteiger partial charge in [-0.25, -0.2) is 4.39 Å². The zero-order valence-electron chi connectivity index (χ0n) is 10.1. The summed E-state index contributed by atoms with van der Waals surface area (Å²) >= 11 is 7.61. The Kier molecular flexibility index (Phi) is 4.27. The highest BCUT2D eigenvalue weighted by Crippen LogP contribution is 2.23. The van der Waals surface area contributed by atoms with Crippen molar-refractivity contribution in [3.63, 3.8) is 0 Å². The highest BCUT2D eigenvalue weighted by atomic mass is 79.9. The van der Waals surface area contributed by atoms with Crippen LogP contribution < -0.4 is 4.90 Å². The molecule has 5 heteroatoms. The van der Waals surface area contributed by atoms with Gasteiger partial charge in [0.25, 0.3) is 5.91 Å². The molecule has 0 aromatic heterocycles. The maximum absolute atomic E-state index is 12.9. The summed E-state index contributed by atoms with van der Waals surface area (Å²) in [6.45, 7) is 0. The molecule has 2 rings (SSSR count). The van der Waals surface area contributed by atoms with Crippen molar-refractivity contribution >= 4 is 40.2 Å². The predicted octanol–water partition coefficient (Wildman–Crippen LogP) is 4.15. The standard InChI is InChI=1S/C14H11BrFNOS/c1-17(11-5-3-10(16)4-6-11)14(18)12-7-2-9(15)8-13(12)19/h2-8,19H,1H3. The van der Waals surface area contributed by atoms with Crippen LogP contribution in [0.5, 0.6) is 0 Å². The van der Waals surface area contributed by atoms with Gasteiger partial charge in [0.05, 0.1) is 5.56 Å². The first kappa shape index (κ1) is 14.1. The van der Waals surface area contributed by atoms with Crippen molar-refractivity contribution in [1.82, 2.24) is 0 Å². The van der Waals surface area contributed by atoms with E-state index in [1.54, 1.807) is 37.4 Å². The average Bonchev–Trinajstić information content (AvgIpc) is 2.38. The molecule has 19 heavy (non-hydrogen) atoms. The number of nitrogens with zero attached hydrogens (tertiary/aromatic N) is 1. The first-order chi connectivity index (χ1) is 8.99. The summed E-state index contributed by atoms with van der Waals surface area (Å²) in [4.78, 5) is 14.4. The van der Waals surface area contributed by atoms with Crippen molar-refractivity contribution < 1.29 is 9.18 Å². The molecule has 2 nitrogen and oxygen atoms in total. The van der Waals surface area contributed by atoms with E-state index in [0.29, 0.717) is 16.1 Å². The van der Waals surface area contributed by atoms with Gasteiger partial charge in [-0.3, -0.25) is 4.79 Å². The summed E-state index contributed by atoms with van der Waals surface area (Å²) in [7, 11) is 1.64. The molecule has 0 aliphatic rings. The van der Waals surface area contributed by atoms with Gasteiger partial charge in [0.1, 0.15) is 5.82 Å². The molecular formula is C14H11BrFNOS. The Morgan fingerprint density at radius 2 is 1.84 bits per heavy atom. The number of amides is 1. The van der Waals surface area contributed by atoms with Crippen LogP contribution in [0.2, 0.25) is 0 Å². The molecular weight excluding hydrogens is 329 g/mol. The van der Waals surface area contributed by atoms with Crippen LogP contribution in [-0.4, -0.2) is 13.0 Å². The van der Waals surface area contributed by atoms with E-state index < -0.39 is 0 Å². The lowest BCUT2D eigenvalue weighted by molar-refractivity contribution is 0.0990. The minimum Gasteiger partial charge on any atom is -0.311 e. The molecule has 2 aromatic carbocycles. The van der Waals surface area contributed by atoms with Gasteiger partial charge < -0.3 is 4.90 Å². The van der Waals surface area contributed by atoms with E-state index >= 15 is 0 Å². The van der Waals surface area contributed by atoms with E-state index in [2.05, 4.69) is 28.6 Å². The Hall–Kier alpha value is -1.33. The zero-order chi connectivity index (χ0) is 14.0. The number of hydrogen-bond donors (Lipinski definition) is 1. The summed E-state index contributed by atoms with van der Waals surface area (Å²) in [6.07, 6.45) is 0. The van der Waals surface area contributed by atoms with Crippen LogP contribution in [0.1, 0.15) is 10.4 Å². The minimum absolute atomic E-state index is 0.191. The Bertz CT molecular complexity index is 615. The molecule has 0 saturated carbocycles. The number of anilines is 1. The van der Waals surface area contributed by atoms with Crippen molar-refractivity contribution in [1.29, 1.82) is 0 Å². The number of thiol groups is 1. The third-order valence-corrected chi connectivity index (χ3v) is 3.57. The van der Waals surface area contributed by atoms with Crippen molar-refractivity contribution in [3.05, 3.63) is 58.3 Å². The van der Waals surface area contributed by atoms with Gasteiger partial charge >= 0.3 is 0 Å². The molecule has 0 aliphatic carbocycles. The Morgan fingerprint density at radius 1 is 1.21 bits per heavy atom. The lowest BCUT2D eigenvalue weighted by atomic mass is 10.2. The van der Waals surface area contributed by atoms with E-state index in [1.165, 1.54) is 17.0 Å². The predicted molar refractivity (Wildman–Crippen MR) is 80.5 cm³/mol. The summed E-state index contributed by atoms with van der Waals surface area (Å²) in [5, 5.41) is 0. The van der Waals surface area contributed by atoms with Crippen molar-refractivity contribution in [2.24, 2.45) is 0 Å². The quantitative estimate of drug-likeness (QED) is 0.815. The molecule has 0 N–H and O–H groups in total. The number of benzene rings is 2. The van der Waals surface area contributed by atoms with Crippen LogP contribution >= 0.6 is 28.6 Å². The van der Waals surface area contributed by atoms with Gasteiger partial charge in [-0.05, 0) is 42.5 Å². The van der Waals surface area contributed by atoms with Crippen LogP contribution in [0.3, 0.4) is 0 Å². The second-order valence-corrected chi connectivity index (χ2v) is 5.40. The fourth-order valence-corrected chi connectivity index (χ4v) is 2.50. The molecule has 0 bridgehead atoms. The average molecular weight is 340 g/mol. The lowest BCUT2D eigenvalue weighted by Gasteiger charge is -2.18. The van der Waals surface area contributed by atoms with Gasteiger partial charge in [0.2, 0.25) is 0 Å². The van der Waals surface area contributed by atoms with Crippen LogP contribution in [-0.2, 0) is 0 Å². The van der Waals surface area contributed by atoms with Crippen molar-refractivity contribution in [2.75, 3.05) is 11.9 Å². The molecule has 1 amide bonds. The molecule has 2 aromatic rings. The van der Waals surface area contributed by atoms with E-state index in [1.807, 2.05) is 0 Å². The number of halogens is 2. The van der Waals surface area contributed by atoms with E-state index in [-0.39, 0.29) is 11.7 Å². The third-order valence-electron chi connectivity index (χ3n) is 2.71. The Morgan fingerprint density at radius 3 is 2.42 bits per heavy atom. The maximum Gasteiger partial charge on any atom is 0.259 e. The largest absolute Gasteiger partial charge is 0.311 e. The van der Waals surface area contributed by atoms with Crippen LogP contribution in [0.25, 0.3) is 0 Å². The van der Waals surface area contributed by atoms with Crippen molar-refractivity contribution in [3.8, 4) is 0 Å². The van der Waals surface area contributed by atoms with Crippen LogP contribution in [0.4, 0.5) is 10.1 Å². The summed E-state index contributed by atoms with van der Waals surface area (Å²) in [5.41, 5.74) is 1.13. The van der Waals surface area contributed by atoms with Crippen LogP contribution in [0.15, 0.2) is 51.8 Å². The van der Waals surface area contributed by atoms with Gasteiger partial charge in [-0.2, -0.15) is 0 Å². The van der Waals surface area contributed by atoms with E-state index in [9.17, 15) is 9.18 Å². The molecule has 0 spiro atoms. The number of hydrogen-bond acceptors (Lipinski definition) is 2. The summed E-state index contributed by atoms with van der Waals surface area (Å²) in [6, 6.07) is 11.0. The minimum atomic E-state index is -0.330. The number of rotatable bonds is 2. The Labute approximate surface area is 124 Å². The summed E-state index contributed by atoms with van der Waals surface area (Å²) in [5.74, 6) is -0.521. The molecule has 0 radical (unpaired) electrons. The molecule has 98 valence electrons. The number of carbonyl (C=O) groups excluding carboxylic acids is 1. The molecule has 0 fully saturated rings.